The highest BCUT2D eigenvalue weighted by Crippen LogP contribution is 2.30. The summed E-state index contributed by atoms with van der Waals surface area (Å²) in [6.07, 6.45) is 75.0. The van der Waals surface area contributed by atoms with Crippen LogP contribution in [0.3, 0.4) is 0 Å². The molecule has 2 aliphatic rings. The average molecular weight is 1390 g/mol. The van der Waals surface area contributed by atoms with Gasteiger partial charge < -0.3 is 65.1 Å². The summed E-state index contributed by atoms with van der Waals surface area (Å²) in [6, 6.07) is -0.933. The number of carbonyl (C=O) groups is 1. The van der Waals surface area contributed by atoms with E-state index in [1.165, 1.54) is 315 Å². The minimum Gasteiger partial charge on any atom is -0.394 e. The van der Waals surface area contributed by atoms with E-state index >= 15 is 0 Å². The second kappa shape index (κ2) is 68.1. The van der Waals surface area contributed by atoms with Gasteiger partial charge >= 0.3 is 0 Å². The Morgan fingerprint density at radius 3 is 1.06 bits per heavy atom. The molecule has 576 valence electrons. The van der Waals surface area contributed by atoms with Crippen LogP contribution in [0, 0.1) is 0 Å². The number of amides is 1. The highest BCUT2D eigenvalue weighted by Gasteiger charge is 2.51. The van der Waals surface area contributed by atoms with Crippen LogP contribution in [0.15, 0.2) is 48.6 Å². The molecule has 2 saturated heterocycles. The van der Waals surface area contributed by atoms with Gasteiger partial charge in [-0.25, -0.2) is 0 Å². The molecule has 14 heteroatoms. The number of ether oxygens (including phenoxy) is 4. The molecule has 0 aromatic carbocycles. The lowest BCUT2D eigenvalue weighted by Gasteiger charge is -2.46. The molecule has 14 nitrogen and oxygen atoms in total. The number of nitrogens with one attached hydrogen (secondary N) is 1. The predicted octanol–water partition coefficient (Wildman–Crippen LogP) is 19.4. The molecule has 12 unspecified atom stereocenters. The van der Waals surface area contributed by atoms with Crippen molar-refractivity contribution in [3.8, 4) is 0 Å². The summed E-state index contributed by atoms with van der Waals surface area (Å²) in [5.41, 5.74) is 0. The zero-order valence-electron chi connectivity index (χ0n) is 63.3. The molecule has 98 heavy (non-hydrogen) atoms. The van der Waals surface area contributed by atoms with E-state index in [1.54, 1.807) is 6.08 Å². The summed E-state index contributed by atoms with van der Waals surface area (Å²) in [7, 11) is 0. The molecule has 0 spiro atoms. The standard InChI is InChI=1S/C84H157NO13/c1-3-5-7-9-11-13-15-17-19-21-23-25-27-29-31-32-33-34-35-36-37-38-39-40-42-44-46-48-50-52-54-56-58-60-62-64-66-68-76(89)85-72(71-95-83-81(94)79(92)82(75(70-87)97-83)98-84-80(93)78(91)77(90)74(69-86)96-84)73(88)67-65-63-61-59-57-55-53-51-49-47-45-43-41-30-28-26-24-22-20-18-16-14-12-10-8-6-4-2/h15,17,21,23,57,59,65,67,72-75,77-84,86-88,90-94H,3-14,16,18-20,22,24-56,58,60-64,66,68-71H2,1-2H3,(H,85,89)/b17-15-,23-21-,59-57+,67-65+. The molecule has 2 fully saturated rings. The average Bonchev–Trinajstić information content (AvgIpc) is 0.793. The molecule has 0 bridgehead atoms. The van der Waals surface area contributed by atoms with Crippen molar-refractivity contribution in [2.45, 2.75) is 460 Å². The Morgan fingerprint density at radius 2 is 0.684 bits per heavy atom. The van der Waals surface area contributed by atoms with Crippen LogP contribution in [0.4, 0.5) is 0 Å². The molecule has 9 N–H and O–H groups in total. The van der Waals surface area contributed by atoms with Crippen molar-refractivity contribution in [3.63, 3.8) is 0 Å². The number of rotatable bonds is 71. The van der Waals surface area contributed by atoms with Gasteiger partial charge in [0.05, 0.1) is 32.0 Å². The van der Waals surface area contributed by atoms with E-state index in [1.807, 2.05) is 6.08 Å². The third kappa shape index (κ3) is 50.4. The monoisotopic (exact) mass is 1390 g/mol. The third-order valence-electron chi connectivity index (χ3n) is 20.5. The Bertz CT molecular complexity index is 1830. The first-order chi connectivity index (χ1) is 48.1. The highest BCUT2D eigenvalue weighted by molar-refractivity contribution is 5.76. The molecule has 0 aromatic rings. The molecule has 12 atom stereocenters. The van der Waals surface area contributed by atoms with Gasteiger partial charge in [0, 0.05) is 6.42 Å². The molecule has 2 aliphatic heterocycles. The number of unbranched alkanes of at least 4 members (excludes halogenated alkanes) is 52. The molecule has 0 aliphatic carbocycles. The van der Waals surface area contributed by atoms with Crippen molar-refractivity contribution >= 4 is 5.91 Å². The van der Waals surface area contributed by atoms with Crippen molar-refractivity contribution in [1.82, 2.24) is 5.32 Å². The van der Waals surface area contributed by atoms with Crippen LogP contribution in [0.25, 0.3) is 0 Å². The van der Waals surface area contributed by atoms with Gasteiger partial charge in [0.25, 0.3) is 0 Å². The molecule has 0 radical (unpaired) electrons. The largest absolute Gasteiger partial charge is 0.394 e. The summed E-state index contributed by atoms with van der Waals surface area (Å²) in [6.45, 7) is 2.84. The van der Waals surface area contributed by atoms with Crippen LogP contribution in [-0.2, 0) is 23.7 Å². The Kier molecular flexibility index (Phi) is 63.9. The van der Waals surface area contributed by atoms with Crippen molar-refractivity contribution in [3.05, 3.63) is 48.6 Å². The maximum atomic E-state index is 13.4. The Hall–Kier alpha value is -2.05. The van der Waals surface area contributed by atoms with Crippen molar-refractivity contribution < 1.29 is 64.6 Å². The maximum Gasteiger partial charge on any atom is 0.220 e. The van der Waals surface area contributed by atoms with Gasteiger partial charge in [-0.3, -0.25) is 4.79 Å². The molecule has 2 rings (SSSR count). The summed E-state index contributed by atoms with van der Waals surface area (Å²) >= 11 is 0. The lowest BCUT2D eigenvalue weighted by Crippen LogP contribution is -2.65. The fraction of sp³-hybridized carbons (Fsp3) is 0.893. The van der Waals surface area contributed by atoms with Gasteiger partial charge in [-0.2, -0.15) is 0 Å². The van der Waals surface area contributed by atoms with E-state index in [2.05, 4.69) is 55.6 Å². The predicted molar refractivity (Wildman–Crippen MR) is 406 cm³/mol. The Morgan fingerprint density at radius 1 is 0.367 bits per heavy atom. The highest BCUT2D eigenvalue weighted by atomic mass is 16.7. The first-order valence-electron chi connectivity index (χ1n) is 41.9. The zero-order valence-corrected chi connectivity index (χ0v) is 63.3. The Balaban J connectivity index is 1.59. The number of hydrogen-bond acceptors (Lipinski definition) is 13. The van der Waals surface area contributed by atoms with E-state index in [0.29, 0.717) is 12.8 Å². The topological polar surface area (TPSA) is 228 Å². The van der Waals surface area contributed by atoms with E-state index in [9.17, 15) is 45.6 Å². The van der Waals surface area contributed by atoms with Crippen LogP contribution < -0.4 is 5.32 Å². The minimum absolute atomic E-state index is 0.241. The summed E-state index contributed by atoms with van der Waals surface area (Å²) in [4.78, 5) is 13.4. The number of aliphatic hydroxyl groups is 8. The fourth-order valence-electron chi connectivity index (χ4n) is 13.9. The lowest BCUT2D eigenvalue weighted by molar-refractivity contribution is -0.359. The van der Waals surface area contributed by atoms with Crippen LogP contribution in [0.1, 0.15) is 386 Å². The minimum atomic E-state index is -1.79. The van der Waals surface area contributed by atoms with Crippen LogP contribution in [0.5, 0.6) is 0 Å². The normalized spacial score (nSPS) is 22.2. The van der Waals surface area contributed by atoms with Crippen LogP contribution in [-0.4, -0.2) is 140 Å². The van der Waals surface area contributed by atoms with Crippen molar-refractivity contribution in [1.29, 1.82) is 0 Å². The van der Waals surface area contributed by atoms with E-state index in [4.69, 9.17) is 18.9 Å². The molecule has 1 amide bonds. The molecule has 0 aromatic heterocycles. The first kappa shape index (κ1) is 92.0. The molecule has 0 saturated carbocycles. The second-order valence-corrected chi connectivity index (χ2v) is 29.6. The van der Waals surface area contributed by atoms with E-state index < -0.39 is 86.8 Å². The second-order valence-electron chi connectivity index (χ2n) is 29.6. The number of carbonyl (C=O) groups excluding carboxylic acids is 1. The van der Waals surface area contributed by atoms with Crippen molar-refractivity contribution in [2.75, 3.05) is 19.8 Å². The van der Waals surface area contributed by atoms with Crippen molar-refractivity contribution in [2.24, 2.45) is 0 Å². The summed E-state index contributed by atoms with van der Waals surface area (Å²) < 4.78 is 22.9. The van der Waals surface area contributed by atoms with E-state index in [0.717, 1.165) is 38.5 Å². The number of hydrogen-bond donors (Lipinski definition) is 9. The summed E-state index contributed by atoms with van der Waals surface area (Å²) in [5.74, 6) is -0.241. The van der Waals surface area contributed by atoms with Gasteiger partial charge in [0.15, 0.2) is 12.6 Å². The fourth-order valence-corrected chi connectivity index (χ4v) is 13.9. The van der Waals surface area contributed by atoms with Gasteiger partial charge in [-0.1, -0.05) is 364 Å². The summed E-state index contributed by atoms with van der Waals surface area (Å²) in [5, 5.41) is 87.7. The third-order valence-corrected chi connectivity index (χ3v) is 20.5. The maximum absolute atomic E-state index is 13.4. The van der Waals surface area contributed by atoms with Gasteiger partial charge in [0.2, 0.25) is 5.91 Å². The van der Waals surface area contributed by atoms with Gasteiger partial charge in [-0.15, -0.1) is 0 Å². The van der Waals surface area contributed by atoms with Crippen LogP contribution in [0.2, 0.25) is 0 Å². The number of allylic oxidation sites excluding steroid dienone is 7. The Labute approximate surface area is 601 Å². The molecule has 2 heterocycles. The quantitative estimate of drug-likeness (QED) is 0.0204. The molecular formula is C84H157NO13. The lowest BCUT2D eigenvalue weighted by atomic mass is 9.97. The van der Waals surface area contributed by atoms with Gasteiger partial charge in [0.1, 0.15) is 48.8 Å². The van der Waals surface area contributed by atoms with Gasteiger partial charge in [-0.05, 0) is 64.2 Å². The van der Waals surface area contributed by atoms with Crippen LogP contribution >= 0.6 is 0 Å². The smallest absolute Gasteiger partial charge is 0.220 e. The first-order valence-corrected chi connectivity index (χ1v) is 41.9. The van der Waals surface area contributed by atoms with E-state index in [-0.39, 0.29) is 18.9 Å². The SMILES string of the molecule is CCCCCCC/C=C\C/C=C\CCCCCCCCCCCCCCCCCCCCCCCCCCCC(=O)NC(COC1OC(CO)C(OC2OC(CO)C(O)C(O)C2O)C(O)C1O)C(O)/C=C/CC/C=C/CCCCCCCCCCCCCCCCCCCCCCC. The molecular weight excluding hydrogens is 1230 g/mol. The zero-order chi connectivity index (χ0) is 70.8. The number of aliphatic hydroxyl groups excluding tert-OH is 8.